The Kier molecular flexibility index (Phi) is 2.94. The van der Waals surface area contributed by atoms with Gasteiger partial charge >= 0.3 is 0 Å². The Bertz CT molecular complexity index is 440. The highest BCUT2D eigenvalue weighted by Gasteiger charge is 2.25. The van der Waals surface area contributed by atoms with Crippen molar-refractivity contribution in [3.05, 3.63) is 28.3 Å². The molecule has 16 heavy (non-hydrogen) atoms. The first-order chi connectivity index (χ1) is 7.50. The number of halogens is 1. The molecular weight excluding hydrogens is 222 g/mol. The molecule has 86 valence electrons. The van der Waals surface area contributed by atoms with E-state index in [1.54, 1.807) is 6.07 Å². The number of anilines is 1. The molecule has 0 radical (unpaired) electrons. The molecule has 3 heteroatoms. The second-order valence-corrected chi connectivity index (χ2v) is 5.08. The van der Waals surface area contributed by atoms with Crippen LogP contribution in [0.5, 0.6) is 0 Å². The first kappa shape index (κ1) is 11.5. The molecule has 0 saturated heterocycles. The van der Waals surface area contributed by atoms with Crippen molar-refractivity contribution in [2.75, 3.05) is 18.5 Å². The van der Waals surface area contributed by atoms with Gasteiger partial charge in [-0.3, -0.25) is 4.79 Å². The minimum absolute atomic E-state index is 0.206. The van der Waals surface area contributed by atoms with Gasteiger partial charge in [-0.15, -0.1) is 0 Å². The normalized spacial score (nSPS) is 15.6. The Morgan fingerprint density at radius 1 is 1.38 bits per heavy atom. The van der Waals surface area contributed by atoms with Gasteiger partial charge in [-0.1, -0.05) is 25.4 Å². The van der Waals surface area contributed by atoms with E-state index in [4.69, 9.17) is 11.6 Å². The van der Waals surface area contributed by atoms with E-state index in [1.807, 2.05) is 13.1 Å². The van der Waals surface area contributed by atoms with Crippen molar-refractivity contribution >= 4 is 23.1 Å². The predicted molar refractivity (Wildman–Crippen MR) is 67.8 cm³/mol. The third-order valence-electron chi connectivity index (χ3n) is 3.08. The standard InChI is InChI=1S/C13H16ClNO/c1-8(2)10-6-9(14)7-11-12(16)4-5-15(3)13(10)11/h6-8H,4-5H2,1-3H3. The molecular formula is C13H16ClNO. The summed E-state index contributed by atoms with van der Waals surface area (Å²) in [4.78, 5) is 14.0. The van der Waals surface area contributed by atoms with Crippen LogP contribution in [0.15, 0.2) is 12.1 Å². The number of hydrogen-bond acceptors (Lipinski definition) is 2. The molecule has 0 aliphatic carbocycles. The summed E-state index contributed by atoms with van der Waals surface area (Å²) in [5, 5.41) is 0.658. The molecule has 0 amide bonds. The van der Waals surface area contributed by atoms with E-state index in [1.165, 1.54) is 0 Å². The van der Waals surface area contributed by atoms with Gasteiger partial charge in [0, 0.05) is 30.6 Å². The smallest absolute Gasteiger partial charge is 0.166 e. The first-order valence-corrected chi connectivity index (χ1v) is 5.96. The average Bonchev–Trinajstić information content (AvgIpc) is 2.22. The molecule has 1 heterocycles. The van der Waals surface area contributed by atoms with Crippen molar-refractivity contribution in [1.82, 2.24) is 0 Å². The lowest BCUT2D eigenvalue weighted by molar-refractivity contribution is 0.0980. The zero-order valence-electron chi connectivity index (χ0n) is 9.88. The Morgan fingerprint density at radius 2 is 2.06 bits per heavy atom. The minimum atomic E-state index is 0.206. The van der Waals surface area contributed by atoms with Gasteiger partial charge in [0.1, 0.15) is 0 Å². The second kappa shape index (κ2) is 4.10. The molecule has 2 nitrogen and oxygen atoms in total. The molecule has 0 fully saturated rings. The van der Waals surface area contributed by atoms with Crippen molar-refractivity contribution in [3.8, 4) is 0 Å². The van der Waals surface area contributed by atoms with Crippen molar-refractivity contribution in [3.63, 3.8) is 0 Å². The van der Waals surface area contributed by atoms with Crippen LogP contribution < -0.4 is 4.90 Å². The van der Waals surface area contributed by atoms with Crippen molar-refractivity contribution in [1.29, 1.82) is 0 Å². The van der Waals surface area contributed by atoms with E-state index in [-0.39, 0.29) is 5.78 Å². The van der Waals surface area contributed by atoms with Gasteiger partial charge in [0.2, 0.25) is 0 Å². The lowest BCUT2D eigenvalue weighted by Gasteiger charge is -2.30. The highest BCUT2D eigenvalue weighted by molar-refractivity contribution is 6.31. The summed E-state index contributed by atoms with van der Waals surface area (Å²) in [6.45, 7) is 5.05. The average molecular weight is 238 g/mol. The Labute approximate surface area is 101 Å². The topological polar surface area (TPSA) is 20.3 Å². The summed E-state index contributed by atoms with van der Waals surface area (Å²) in [5.74, 6) is 0.582. The first-order valence-electron chi connectivity index (χ1n) is 5.58. The van der Waals surface area contributed by atoms with Crippen molar-refractivity contribution in [2.24, 2.45) is 0 Å². The number of nitrogens with zero attached hydrogens (tertiary/aromatic N) is 1. The van der Waals surface area contributed by atoms with Gasteiger partial charge in [-0.25, -0.2) is 0 Å². The molecule has 2 rings (SSSR count). The second-order valence-electron chi connectivity index (χ2n) is 4.64. The molecule has 1 aliphatic heterocycles. The Morgan fingerprint density at radius 3 is 2.69 bits per heavy atom. The van der Waals surface area contributed by atoms with Crippen LogP contribution in [0.3, 0.4) is 0 Å². The van der Waals surface area contributed by atoms with E-state index < -0.39 is 0 Å². The van der Waals surface area contributed by atoms with Crippen molar-refractivity contribution in [2.45, 2.75) is 26.2 Å². The summed E-state index contributed by atoms with van der Waals surface area (Å²) in [6.07, 6.45) is 0.585. The van der Waals surface area contributed by atoms with Crippen LogP contribution in [-0.2, 0) is 0 Å². The number of Topliss-reactive ketones (excluding diaryl/α,β-unsaturated/α-hetero) is 1. The fourth-order valence-corrected chi connectivity index (χ4v) is 2.44. The van der Waals surface area contributed by atoms with Gasteiger partial charge in [-0.2, -0.15) is 0 Å². The quantitative estimate of drug-likeness (QED) is 0.745. The number of hydrogen-bond donors (Lipinski definition) is 0. The summed E-state index contributed by atoms with van der Waals surface area (Å²) in [7, 11) is 2.03. The van der Waals surface area contributed by atoms with E-state index in [0.29, 0.717) is 17.4 Å². The zero-order valence-corrected chi connectivity index (χ0v) is 10.6. The molecule has 1 aromatic rings. The minimum Gasteiger partial charge on any atom is -0.373 e. The highest BCUT2D eigenvalue weighted by atomic mass is 35.5. The van der Waals surface area contributed by atoms with Gasteiger partial charge < -0.3 is 4.90 Å². The predicted octanol–water partition coefficient (Wildman–Crippen LogP) is 3.49. The fraction of sp³-hybridized carbons (Fsp3) is 0.462. The Hall–Kier alpha value is -1.02. The zero-order chi connectivity index (χ0) is 11.9. The number of benzene rings is 1. The summed E-state index contributed by atoms with van der Waals surface area (Å²) in [6, 6.07) is 3.76. The van der Waals surface area contributed by atoms with Crippen molar-refractivity contribution < 1.29 is 4.79 Å². The van der Waals surface area contributed by atoms with Gasteiger partial charge in [0.05, 0.1) is 5.69 Å². The maximum Gasteiger partial charge on any atom is 0.166 e. The van der Waals surface area contributed by atoms with E-state index in [9.17, 15) is 4.79 Å². The molecule has 0 bridgehead atoms. The number of ketones is 1. The van der Waals surface area contributed by atoms with Crippen LogP contribution in [0.25, 0.3) is 0 Å². The maximum absolute atomic E-state index is 11.9. The molecule has 1 aromatic carbocycles. The Balaban J connectivity index is 2.68. The summed E-state index contributed by atoms with van der Waals surface area (Å²) >= 11 is 6.07. The fourth-order valence-electron chi connectivity index (χ4n) is 2.21. The largest absolute Gasteiger partial charge is 0.373 e. The van der Waals surface area contributed by atoms with Gasteiger partial charge in [-0.05, 0) is 23.6 Å². The summed E-state index contributed by atoms with van der Waals surface area (Å²) in [5.41, 5.74) is 3.01. The lowest BCUT2D eigenvalue weighted by Crippen LogP contribution is -2.29. The van der Waals surface area contributed by atoms with Crippen LogP contribution in [0.2, 0.25) is 5.02 Å². The van der Waals surface area contributed by atoms with Gasteiger partial charge in [0.15, 0.2) is 5.78 Å². The van der Waals surface area contributed by atoms with Crippen LogP contribution in [-0.4, -0.2) is 19.4 Å². The molecule has 0 atom stereocenters. The molecule has 0 unspecified atom stereocenters. The number of fused-ring (bicyclic) bond motifs is 1. The number of carbonyl (C=O) groups excluding carboxylic acids is 1. The molecule has 0 spiro atoms. The number of rotatable bonds is 1. The monoisotopic (exact) mass is 237 g/mol. The van der Waals surface area contributed by atoms with Crippen LogP contribution in [0.1, 0.15) is 42.1 Å². The van der Waals surface area contributed by atoms with E-state index in [0.717, 1.165) is 23.4 Å². The maximum atomic E-state index is 11.9. The van der Waals surface area contributed by atoms with Crippen LogP contribution in [0, 0.1) is 0 Å². The van der Waals surface area contributed by atoms with E-state index in [2.05, 4.69) is 18.7 Å². The third-order valence-corrected chi connectivity index (χ3v) is 3.30. The third kappa shape index (κ3) is 1.82. The van der Waals surface area contributed by atoms with Gasteiger partial charge in [0.25, 0.3) is 0 Å². The number of carbonyl (C=O) groups is 1. The van der Waals surface area contributed by atoms with E-state index >= 15 is 0 Å². The molecule has 0 saturated carbocycles. The SMILES string of the molecule is CC(C)c1cc(Cl)cc2c1N(C)CCC2=O. The molecule has 1 aliphatic rings. The molecule has 0 N–H and O–H groups in total. The highest BCUT2D eigenvalue weighted by Crippen LogP contribution is 2.36. The van der Waals surface area contributed by atoms with Crippen LogP contribution >= 0.6 is 11.6 Å². The van der Waals surface area contributed by atoms with Crippen LogP contribution in [0.4, 0.5) is 5.69 Å². The lowest BCUT2D eigenvalue weighted by atomic mass is 9.92. The molecule has 0 aromatic heterocycles. The summed E-state index contributed by atoms with van der Waals surface area (Å²) < 4.78 is 0.